The molecule has 8 nitrogen and oxygen atoms in total. The first-order valence-corrected chi connectivity index (χ1v) is 5.20. The summed E-state index contributed by atoms with van der Waals surface area (Å²) in [5, 5.41) is 15.4. The van der Waals surface area contributed by atoms with Gasteiger partial charge in [-0.2, -0.15) is 4.98 Å². The molecule has 1 aliphatic heterocycles. The molecule has 17 heavy (non-hydrogen) atoms. The fourth-order valence-electron chi connectivity index (χ4n) is 1.60. The maximum absolute atomic E-state index is 11.5. The first kappa shape index (κ1) is 11.4. The molecule has 0 bridgehead atoms. The number of nitrogens with one attached hydrogen (secondary N) is 1. The molecule has 1 aromatic rings. The van der Waals surface area contributed by atoms with Crippen LogP contribution in [0.15, 0.2) is 0 Å². The van der Waals surface area contributed by atoms with Crippen LogP contribution in [0, 0.1) is 5.92 Å². The Morgan fingerprint density at radius 2 is 2.41 bits per heavy atom. The number of anilines is 1. The van der Waals surface area contributed by atoms with Gasteiger partial charge in [-0.3, -0.25) is 4.79 Å². The van der Waals surface area contributed by atoms with Crippen molar-refractivity contribution in [2.24, 2.45) is 5.92 Å². The quantitative estimate of drug-likeness (QED) is 0.691. The predicted molar refractivity (Wildman–Crippen MR) is 55.6 cm³/mol. The van der Waals surface area contributed by atoms with Crippen LogP contribution in [0.3, 0.4) is 0 Å². The van der Waals surface area contributed by atoms with E-state index in [1.165, 1.54) is 4.68 Å². The molecule has 0 aliphatic carbocycles. The summed E-state index contributed by atoms with van der Waals surface area (Å²) in [7, 11) is 0. The second kappa shape index (κ2) is 4.40. The van der Waals surface area contributed by atoms with Gasteiger partial charge in [-0.15, -0.1) is 5.10 Å². The Kier molecular flexibility index (Phi) is 2.94. The molecule has 0 amide bonds. The molecule has 0 radical (unpaired) electrons. The molecule has 1 atom stereocenters. The van der Waals surface area contributed by atoms with E-state index in [2.05, 4.69) is 15.4 Å². The number of hydrogen-bond acceptors (Lipinski definition) is 6. The lowest BCUT2D eigenvalue weighted by atomic mass is 10.1. The van der Waals surface area contributed by atoms with E-state index in [-0.39, 0.29) is 24.3 Å². The zero-order chi connectivity index (χ0) is 12.4. The maximum atomic E-state index is 11.5. The Labute approximate surface area is 96.6 Å². The Morgan fingerprint density at radius 3 is 3.06 bits per heavy atom. The van der Waals surface area contributed by atoms with Gasteiger partial charge in [-0.25, -0.2) is 9.48 Å². The largest absolute Gasteiger partial charge is 0.475 e. The Hall–Kier alpha value is -2.12. The van der Waals surface area contributed by atoms with Crippen LogP contribution in [0.25, 0.3) is 0 Å². The Balaban J connectivity index is 2.13. The van der Waals surface area contributed by atoms with Crippen molar-refractivity contribution in [3.05, 3.63) is 5.82 Å². The summed E-state index contributed by atoms with van der Waals surface area (Å²) in [4.78, 5) is 26.0. The average Bonchev–Trinajstić information content (AvgIpc) is 2.71. The molecular formula is C9H12N4O4. The summed E-state index contributed by atoms with van der Waals surface area (Å²) in [6.45, 7) is 2.70. The minimum absolute atomic E-state index is 0.279. The van der Waals surface area contributed by atoms with Crippen molar-refractivity contribution < 1.29 is 19.4 Å². The molecule has 1 aromatic heterocycles. The number of hydrogen-bond donors (Lipinski definition) is 2. The zero-order valence-corrected chi connectivity index (χ0v) is 9.21. The van der Waals surface area contributed by atoms with E-state index < -0.39 is 5.97 Å². The molecule has 92 valence electrons. The van der Waals surface area contributed by atoms with Gasteiger partial charge >= 0.3 is 11.9 Å². The summed E-state index contributed by atoms with van der Waals surface area (Å²) >= 11 is 0. The Bertz CT molecular complexity index is 456. The van der Waals surface area contributed by atoms with E-state index in [9.17, 15) is 9.59 Å². The number of carbonyl (C=O) groups excluding carboxylic acids is 1. The van der Waals surface area contributed by atoms with E-state index in [0.717, 1.165) is 0 Å². The highest BCUT2D eigenvalue weighted by molar-refractivity contribution is 5.83. The van der Waals surface area contributed by atoms with Crippen LogP contribution in [0.1, 0.15) is 17.5 Å². The van der Waals surface area contributed by atoms with Gasteiger partial charge in [0.05, 0.1) is 19.1 Å². The van der Waals surface area contributed by atoms with E-state index in [0.29, 0.717) is 19.1 Å². The van der Waals surface area contributed by atoms with Crippen LogP contribution >= 0.6 is 0 Å². The molecule has 8 heteroatoms. The Morgan fingerprint density at radius 1 is 1.65 bits per heavy atom. The smallest absolute Gasteiger partial charge is 0.375 e. The van der Waals surface area contributed by atoms with E-state index in [4.69, 9.17) is 9.84 Å². The molecular weight excluding hydrogens is 228 g/mol. The fraction of sp³-hybridized carbons (Fsp3) is 0.556. The van der Waals surface area contributed by atoms with Crippen molar-refractivity contribution in [1.82, 2.24) is 14.8 Å². The van der Waals surface area contributed by atoms with Crippen LogP contribution in [0.2, 0.25) is 0 Å². The third-order valence-electron chi connectivity index (χ3n) is 2.38. The standard InChI is InChI=1S/C9H12N4O4/c1-2-17-8(16)5-3-10-9-11-6(7(14)15)12-13(9)4-5/h5H,2-4H2,1H3,(H,14,15)(H,10,11,12). The van der Waals surface area contributed by atoms with E-state index >= 15 is 0 Å². The van der Waals surface area contributed by atoms with Gasteiger partial charge in [0.15, 0.2) is 0 Å². The predicted octanol–water partition coefficient (Wildman–Crippen LogP) is -0.419. The summed E-state index contributed by atoms with van der Waals surface area (Å²) in [6, 6.07) is 0. The van der Waals surface area contributed by atoms with Crippen molar-refractivity contribution in [3.63, 3.8) is 0 Å². The van der Waals surface area contributed by atoms with Crippen molar-refractivity contribution in [2.45, 2.75) is 13.5 Å². The van der Waals surface area contributed by atoms with E-state index in [1.54, 1.807) is 6.92 Å². The van der Waals surface area contributed by atoms with Gasteiger partial charge in [0, 0.05) is 6.54 Å². The number of esters is 1. The molecule has 2 rings (SSSR count). The SMILES string of the molecule is CCOC(=O)C1CNc2nc(C(=O)O)nn2C1. The molecule has 2 N–H and O–H groups in total. The molecule has 1 unspecified atom stereocenters. The number of carbonyl (C=O) groups is 2. The number of aromatic carboxylic acids is 1. The lowest BCUT2D eigenvalue weighted by molar-refractivity contribution is -0.148. The zero-order valence-electron chi connectivity index (χ0n) is 9.21. The minimum atomic E-state index is -1.19. The number of nitrogens with zero attached hydrogens (tertiary/aromatic N) is 3. The minimum Gasteiger partial charge on any atom is -0.475 e. The normalized spacial score (nSPS) is 18.1. The number of ether oxygens (including phenoxy) is 1. The second-order valence-corrected chi connectivity index (χ2v) is 3.58. The summed E-state index contributed by atoms with van der Waals surface area (Å²) in [6.07, 6.45) is 0. The van der Waals surface area contributed by atoms with Crippen molar-refractivity contribution in [2.75, 3.05) is 18.5 Å². The molecule has 0 fully saturated rings. The first-order chi connectivity index (χ1) is 8.11. The third-order valence-corrected chi connectivity index (χ3v) is 2.38. The number of fused-ring (bicyclic) bond motifs is 1. The van der Waals surface area contributed by atoms with E-state index in [1.807, 2.05) is 0 Å². The van der Waals surface area contributed by atoms with Crippen LogP contribution in [0.4, 0.5) is 5.95 Å². The molecule has 0 saturated carbocycles. The van der Waals surface area contributed by atoms with Crippen LogP contribution in [0.5, 0.6) is 0 Å². The topological polar surface area (TPSA) is 106 Å². The summed E-state index contributed by atoms with van der Waals surface area (Å²) < 4.78 is 6.26. The number of aromatic nitrogens is 3. The average molecular weight is 240 g/mol. The first-order valence-electron chi connectivity index (χ1n) is 5.20. The fourth-order valence-corrected chi connectivity index (χ4v) is 1.60. The molecule has 2 heterocycles. The number of carboxylic acids is 1. The lowest BCUT2D eigenvalue weighted by Crippen LogP contribution is -2.34. The maximum Gasteiger partial charge on any atom is 0.375 e. The van der Waals surface area contributed by atoms with Gasteiger partial charge in [-0.05, 0) is 6.92 Å². The van der Waals surface area contributed by atoms with Gasteiger partial charge in [0.25, 0.3) is 5.82 Å². The lowest BCUT2D eigenvalue weighted by Gasteiger charge is -2.21. The van der Waals surface area contributed by atoms with Crippen LogP contribution in [-0.2, 0) is 16.1 Å². The molecule has 1 aliphatic rings. The molecule has 0 spiro atoms. The van der Waals surface area contributed by atoms with Crippen LogP contribution in [-0.4, -0.2) is 45.0 Å². The van der Waals surface area contributed by atoms with Gasteiger partial charge < -0.3 is 15.2 Å². The third kappa shape index (κ3) is 2.19. The van der Waals surface area contributed by atoms with Crippen molar-refractivity contribution in [3.8, 4) is 0 Å². The highest BCUT2D eigenvalue weighted by Crippen LogP contribution is 2.16. The second-order valence-electron chi connectivity index (χ2n) is 3.58. The highest BCUT2D eigenvalue weighted by Gasteiger charge is 2.28. The number of carboxylic acid groups (broad SMARTS) is 1. The van der Waals surface area contributed by atoms with Gasteiger partial charge in [0.1, 0.15) is 0 Å². The monoisotopic (exact) mass is 240 g/mol. The van der Waals surface area contributed by atoms with Gasteiger partial charge in [-0.1, -0.05) is 0 Å². The number of rotatable bonds is 3. The molecule has 0 aromatic carbocycles. The van der Waals surface area contributed by atoms with Crippen molar-refractivity contribution >= 4 is 17.9 Å². The van der Waals surface area contributed by atoms with Crippen LogP contribution < -0.4 is 5.32 Å². The highest BCUT2D eigenvalue weighted by atomic mass is 16.5. The molecule has 0 saturated heterocycles. The van der Waals surface area contributed by atoms with Gasteiger partial charge in [0.2, 0.25) is 5.95 Å². The van der Waals surface area contributed by atoms with Crippen molar-refractivity contribution in [1.29, 1.82) is 0 Å². The summed E-state index contributed by atoms with van der Waals surface area (Å²) in [5.74, 6) is -1.80. The summed E-state index contributed by atoms with van der Waals surface area (Å²) in [5.41, 5.74) is 0.